The number of Topliss-reactive ketones (excluding diaryl/α,β-unsaturated/α-hetero) is 1. The van der Waals surface area contributed by atoms with Crippen LogP contribution in [0.4, 0.5) is 0 Å². The summed E-state index contributed by atoms with van der Waals surface area (Å²) < 4.78 is 1.59. The number of amides is 1. The minimum atomic E-state index is -0.125. The first-order valence-corrected chi connectivity index (χ1v) is 10.1. The Kier molecular flexibility index (Phi) is 5.49. The van der Waals surface area contributed by atoms with Gasteiger partial charge in [-0.3, -0.25) is 9.59 Å². The van der Waals surface area contributed by atoms with Gasteiger partial charge in [0.05, 0.1) is 16.9 Å². The molecular weight excluding hydrogens is 386 g/mol. The number of rotatable bonds is 4. The first-order chi connectivity index (χ1) is 14.1. The second-order valence-electron chi connectivity index (χ2n) is 7.30. The van der Waals surface area contributed by atoms with Gasteiger partial charge in [0.2, 0.25) is 0 Å². The third kappa shape index (κ3) is 3.83. The predicted octanol–water partition coefficient (Wildman–Crippen LogP) is 4.57. The van der Waals surface area contributed by atoms with Crippen molar-refractivity contribution < 1.29 is 9.59 Å². The molecule has 0 saturated carbocycles. The van der Waals surface area contributed by atoms with E-state index in [0.717, 1.165) is 11.3 Å². The number of carbonyl (C=O) groups is 2. The van der Waals surface area contributed by atoms with Crippen LogP contribution >= 0.6 is 11.6 Å². The maximum Gasteiger partial charge on any atom is 0.258 e. The summed E-state index contributed by atoms with van der Waals surface area (Å²) in [5.41, 5.74) is 2.59. The van der Waals surface area contributed by atoms with Gasteiger partial charge in [0.15, 0.2) is 5.78 Å². The molecule has 0 atom stereocenters. The summed E-state index contributed by atoms with van der Waals surface area (Å²) in [4.78, 5) is 27.6. The zero-order valence-corrected chi connectivity index (χ0v) is 17.0. The van der Waals surface area contributed by atoms with Crippen molar-refractivity contribution >= 4 is 23.3 Å². The number of ketones is 1. The molecule has 0 spiro atoms. The number of nitrogens with zero attached hydrogens (tertiary/aromatic N) is 3. The number of hydrogen-bond acceptors (Lipinski definition) is 3. The Morgan fingerprint density at radius 1 is 0.966 bits per heavy atom. The SMILES string of the molecule is Cc1nn(-c2ccccc2)c(Cl)c1C(=O)N1CCC(C(=O)c2ccccc2)CC1. The minimum Gasteiger partial charge on any atom is -0.338 e. The number of benzene rings is 2. The molecule has 1 saturated heterocycles. The van der Waals surface area contributed by atoms with E-state index < -0.39 is 0 Å². The molecule has 0 radical (unpaired) electrons. The van der Waals surface area contributed by atoms with Crippen molar-refractivity contribution in [3.8, 4) is 5.69 Å². The lowest BCUT2D eigenvalue weighted by Crippen LogP contribution is -2.40. The quantitative estimate of drug-likeness (QED) is 0.595. The monoisotopic (exact) mass is 407 g/mol. The van der Waals surface area contributed by atoms with Gasteiger partial charge in [-0.1, -0.05) is 60.1 Å². The molecule has 2 aromatic carbocycles. The van der Waals surface area contributed by atoms with Crippen molar-refractivity contribution in [2.75, 3.05) is 13.1 Å². The molecule has 29 heavy (non-hydrogen) atoms. The van der Waals surface area contributed by atoms with Crippen molar-refractivity contribution in [1.29, 1.82) is 0 Å². The number of aryl methyl sites for hydroxylation is 1. The van der Waals surface area contributed by atoms with Gasteiger partial charge in [-0.2, -0.15) is 5.10 Å². The van der Waals surface area contributed by atoms with E-state index in [4.69, 9.17) is 11.6 Å². The molecule has 1 fully saturated rings. The van der Waals surface area contributed by atoms with E-state index in [1.807, 2.05) is 60.7 Å². The molecule has 0 unspecified atom stereocenters. The Morgan fingerprint density at radius 3 is 2.17 bits per heavy atom. The van der Waals surface area contributed by atoms with Crippen LogP contribution in [0.2, 0.25) is 5.15 Å². The number of halogens is 1. The number of aromatic nitrogens is 2. The Bertz CT molecular complexity index is 1020. The van der Waals surface area contributed by atoms with Crippen LogP contribution in [0.5, 0.6) is 0 Å². The summed E-state index contributed by atoms with van der Waals surface area (Å²) in [6.45, 7) is 2.87. The topological polar surface area (TPSA) is 55.2 Å². The molecule has 6 heteroatoms. The summed E-state index contributed by atoms with van der Waals surface area (Å²) in [6, 6.07) is 18.9. The molecule has 0 bridgehead atoms. The maximum atomic E-state index is 13.1. The number of para-hydroxylation sites is 1. The lowest BCUT2D eigenvalue weighted by atomic mass is 9.88. The fraction of sp³-hybridized carbons (Fsp3) is 0.261. The normalized spacial score (nSPS) is 14.8. The zero-order valence-electron chi connectivity index (χ0n) is 16.2. The Balaban J connectivity index is 1.48. The molecule has 1 aromatic heterocycles. The molecule has 2 heterocycles. The largest absolute Gasteiger partial charge is 0.338 e. The summed E-state index contributed by atoms with van der Waals surface area (Å²) >= 11 is 6.54. The van der Waals surface area contributed by atoms with Crippen LogP contribution < -0.4 is 0 Å². The van der Waals surface area contributed by atoms with E-state index in [-0.39, 0.29) is 17.6 Å². The molecule has 1 aliphatic rings. The first kappa shape index (κ1) is 19.4. The van der Waals surface area contributed by atoms with Crippen LogP contribution in [0.25, 0.3) is 5.69 Å². The van der Waals surface area contributed by atoms with Crippen molar-refractivity contribution in [2.24, 2.45) is 5.92 Å². The molecular formula is C23H22ClN3O2. The van der Waals surface area contributed by atoms with E-state index in [9.17, 15) is 9.59 Å². The van der Waals surface area contributed by atoms with Crippen molar-refractivity contribution in [2.45, 2.75) is 19.8 Å². The molecule has 5 nitrogen and oxygen atoms in total. The van der Waals surface area contributed by atoms with Crippen molar-refractivity contribution in [3.05, 3.63) is 82.6 Å². The van der Waals surface area contributed by atoms with Gasteiger partial charge < -0.3 is 4.90 Å². The fourth-order valence-corrected chi connectivity index (χ4v) is 4.18. The van der Waals surface area contributed by atoms with Gasteiger partial charge in [0, 0.05) is 24.6 Å². The molecule has 1 aliphatic heterocycles. The molecule has 0 N–H and O–H groups in total. The van der Waals surface area contributed by atoms with E-state index >= 15 is 0 Å². The number of likely N-dealkylation sites (tertiary alicyclic amines) is 1. The number of hydrogen-bond donors (Lipinski definition) is 0. The van der Waals surface area contributed by atoms with Crippen LogP contribution in [0.3, 0.4) is 0 Å². The fourth-order valence-electron chi connectivity index (χ4n) is 3.82. The third-order valence-corrected chi connectivity index (χ3v) is 5.78. The smallest absolute Gasteiger partial charge is 0.258 e. The van der Waals surface area contributed by atoms with Crippen LogP contribution in [0.1, 0.15) is 39.3 Å². The van der Waals surface area contributed by atoms with Gasteiger partial charge in [-0.15, -0.1) is 0 Å². The highest BCUT2D eigenvalue weighted by molar-refractivity contribution is 6.33. The molecule has 3 aromatic rings. The van der Waals surface area contributed by atoms with E-state index in [0.29, 0.717) is 42.3 Å². The van der Waals surface area contributed by atoms with Crippen LogP contribution in [-0.4, -0.2) is 39.5 Å². The molecule has 148 valence electrons. The first-order valence-electron chi connectivity index (χ1n) is 9.75. The van der Waals surface area contributed by atoms with Crippen molar-refractivity contribution in [1.82, 2.24) is 14.7 Å². The van der Waals surface area contributed by atoms with Gasteiger partial charge in [0.1, 0.15) is 5.15 Å². The maximum absolute atomic E-state index is 13.1. The van der Waals surface area contributed by atoms with Gasteiger partial charge in [-0.25, -0.2) is 4.68 Å². The molecule has 0 aliphatic carbocycles. The number of piperidine rings is 1. The average Bonchev–Trinajstić information content (AvgIpc) is 3.08. The summed E-state index contributed by atoms with van der Waals surface area (Å²) in [7, 11) is 0. The molecule has 1 amide bonds. The van der Waals surface area contributed by atoms with E-state index in [1.165, 1.54) is 0 Å². The highest BCUT2D eigenvalue weighted by atomic mass is 35.5. The summed E-state index contributed by atoms with van der Waals surface area (Å²) in [5, 5.41) is 4.78. The number of carbonyl (C=O) groups excluding carboxylic acids is 2. The second kappa shape index (κ2) is 8.21. The summed E-state index contributed by atoms with van der Waals surface area (Å²) in [6.07, 6.45) is 1.31. The van der Waals surface area contributed by atoms with E-state index in [1.54, 1.807) is 16.5 Å². The van der Waals surface area contributed by atoms with Crippen LogP contribution in [0.15, 0.2) is 60.7 Å². The van der Waals surface area contributed by atoms with E-state index in [2.05, 4.69) is 5.10 Å². The Morgan fingerprint density at radius 2 is 1.55 bits per heavy atom. The Hall–Kier alpha value is -2.92. The van der Waals surface area contributed by atoms with Crippen LogP contribution in [0, 0.1) is 12.8 Å². The Labute approximate surface area is 174 Å². The van der Waals surface area contributed by atoms with Gasteiger partial charge in [-0.05, 0) is 31.9 Å². The predicted molar refractivity (Wildman–Crippen MR) is 113 cm³/mol. The highest BCUT2D eigenvalue weighted by Crippen LogP contribution is 2.28. The minimum absolute atomic E-state index is 0.0509. The van der Waals surface area contributed by atoms with Crippen molar-refractivity contribution in [3.63, 3.8) is 0 Å². The lowest BCUT2D eigenvalue weighted by molar-refractivity contribution is 0.0650. The van der Waals surface area contributed by atoms with Gasteiger partial charge >= 0.3 is 0 Å². The van der Waals surface area contributed by atoms with Crippen LogP contribution in [-0.2, 0) is 0 Å². The lowest BCUT2D eigenvalue weighted by Gasteiger charge is -2.31. The third-order valence-electron chi connectivity index (χ3n) is 5.43. The highest BCUT2D eigenvalue weighted by Gasteiger charge is 2.31. The van der Waals surface area contributed by atoms with Gasteiger partial charge in [0.25, 0.3) is 5.91 Å². The summed E-state index contributed by atoms with van der Waals surface area (Å²) in [5.74, 6) is -0.0193. The standard InChI is InChI=1S/C23H22ClN3O2/c1-16-20(22(24)27(25-16)19-10-6-3-7-11-19)23(29)26-14-12-18(13-15-26)21(28)17-8-4-2-5-9-17/h2-11,18H,12-15H2,1H3. The second-order valence-corrected chi connectivity index (χ2v) is 7.65. The molecule has 4 rings (SSSR count). The average molecular weight is 408 g/mol. The zero-order chi connectivity index (χ0) is 20.4.